The van der Waals surface area contributed by atoms with Crippen LogP contribution in [0.4, 0.5) is 0 Å². The maximum absolute atomic E-state index is 12.0. The average molecular weight is 242 g/mol. The van der Waals surface area contributed by atoms with Crippen LogP contribution in [0.25, 0.3) is 0 Å². The number of carbonyl (C=O) groups is 2. The number of carbonyl (C=O) groups excluding carboxylic acids is 1. The Labute approximate surface area is 102 Å². The molecule has 1 saturated carbocycles. The third-order valence-electron chi connectivity index (χ3n) is 3.09. The monoisotopic (exact) mass is 242 g/mol. The molecule has 98 valence electrons. The van der Waals surface area contributed by atoms with Crippen LogP contribution in [0.3, 0.4) is 0 Å². The highest BCUT2D eigenvalue weighted by atomic mass is 16.4. The Morgan fingerprint density at radius 2 is 1.76 bits per heavy atom. The highest BCUT2D eigenvalue weighted by molar-refractivity contribution is 5.79. The van der Waals surface area contributed by atoms with E-state index in [4.69, 9.17) is 5.11 Å². The van der Waals surface area contributed by atoms with Gasteiger partial charge >= 0.3 is 5.97 Å². The van der Waals surface area contributed by atoms with Crippen molar-refractivity contribution in [2.24, 2.45) is 0 Å². The van der Waals surface area contributed by atoms with Crippen LogP contribution in [0.15, 0.2) is 0 Å². The van der Waals surface area contributed by atoms with Gasteiger partial charge in [0.15, 0.2) is 0 Å². The second-order valence-electron chi connectivity index (χ2n) is 5.66. The number of amides is 1. The molecule has 0 radical (unpaired) electrons. The van der Waals surface area contributed by atoms with E-state index in [1.807, 2.05) is 20.8 Å². The van der Waals surface area contributed by atoms with Gasteiger partial charge in [0.1, 0.15) is 0 Å². The van der Waals surface area contributed by atoms with Crippen LogP contribution < -0.4 is 0 Å². The Hall–Kier alpha value is -1.10. The van der Waals surface area contributed by atoms with Gasteiger partial charge in [0.25, 0.3) is 0 Å². The summed E-state index contributed by atoms with van der Waals surface area (Å²) in [5.41, 5.74) is -0.321. The Bertz CT molecular complexity index is 305. The lowest BCUT2D eigenvalue weighted by molar-refractivity contribution is -0.141. The van der Waals surface area contributed by atoms with Gasteiger partial charge in [0.2, 0.25) is 5.91 Å². The minimum Gasteiger partial charge on any atom is -0.480 e. The van der Waals surface area contributed by atoms with Gasteiger partial charge in [0, 0.05) is 18.6 Å². The third-order valence-corrected chi connectivity index (χ3v) is 3.09. The zero-order chi connectivity index (χ0) is 13.2. The van der Waals surface area contributed by atoms with Crippen molar-refractivity contribution in [3.8, 4) is 0 Å². The lowest BCUT2D eigenvalue weighted by Crippen LogP contribution is -2.49. The Morgan fingerprint density at radius 1 is 1.24 bits per heavy atom. The van der Waals surface area contributed by atoms with Crippen molar-refractivity contribution in [3.63, 3.8) is 0 Å². The van der Waals surface area contributed by atoms with E-state index in [0.29, 0.717) is 6.04 Å². The molecule has 0 aliphatic heterocycles. The molecule has 0 unspecified atom stereocenters. The van der Waals surface area contributed by atoms with E-state index < -0.39 is 5.97 Å². The molecule has 0 aromatic heterocycles. The number of carboxylic acids is 1. The summed E-state index contributed by atoms with van der Waals surface area (Å²) in [7, 11) is 1.79. The number of carboxylic acid groups (broad SMARTS) is 1. The molecule has 0 bridgehead atoms. The van der Waals surface area contributed by atoms with E-state index in [-0.39, 0.29) is 24.5 Å². The van der Waals surface area contributed by atoms with Crippen molar-refractivity contribution >= 4 is 11.9 Å². The summed E-state index contributed by atoms with van der Waals surface area (Å²) in [4.78, 5) is 26.2. The van der Waals surface area contributed by atoms with Crippen molar-refractivity contribution in [1.29, 1.82) is 0 Å². The van der Waals surface area contributed by atoms with Crippen LogP contribution in [0.5, 0.6) is 0 Å². The number of likely N-dealkylation sites (N-methyl/N-ethyl adjacent to an activating group) is 1. The lowest BCUT2D eigenvalue weighted by atomic mass is 10.1. The second kappa shape index (κ2) is 5.04. The zero-order valence-electron chi connectivity index (χ0n) is 11.1. The van der Waals surface area contributed by atoms with Gasteiger partial charge in [-0.25, -0.2) is 0 Å². The maximum atomic E-state index is 12.0. The first-order chi connectivity index (χ1) is 7.71. The smallest absolute Gasteiger partial charge is 0.317 e. The SMILES string of the molecule is CN(C(=O)CN(CC(=O)O)C(C)(C)C)C1CC1. The fourth-order valence-electron chi connectivity index (χ4n) is 1.63. The fraction of sp³-hybridized carbons (Fsp3) is 0.833. The molecular weight excluding hydrogens is 220 g/mol. The summed E-state index contributed by atoms with van der Waals surface area (Å²) in [6.45, 7) is 5.82. The molecule has 0 heterocycles. The van der Waals surface area contributed by atoms with Crippen LogP contribution >= 0.6 is 0 Å². The van der Waals surface area contributed by atoms with Crippen molar-refractivity contribution in [1.82, 2.24) is 9.80 Å². The van der Waals surface area contributed by atoms with Gasteiger partial charge in [-0.05, 0) is 33.6 Å². The maximum Gasteiger partial charge on any atom is 0.317 e. The van der Waals surface area contributed by atoms with Crippen LogP contribution in [0.1, 0.15) is 33.6 Å². The number of hydrogen-bond donors (Lipinski definition) is 1. The second-order valence-corrected chi connectivity index (χ2v) is 5.66. The van der Waals surface area contributed by atoms with E-state index in [1.54, 1.807) is 16.8 Å². The molecule has 1 N–H and O–H groups in total. The molecule has 0 atom stereocenters. The van der Waals surface area contributed by atoms with Crippen molar-refractivity contribution < 1.29 is 14.7 Å². The van der Waals surface area contributed by atoms with E-state index in [1.165, 1.54) is 0 Å². The number of rotatable bonds is 5. The highest BCUT2D eigenvalue weighted by Gasteiger charge is 2.32. The molecule has 1 rings (SSSR count). The molecule has 17 heavy (non-hydrogen) atoms. The molecule has 1 aliphatic carbocycles. The molecule has 0 aromatic carbocycles. The first-order valence-electron chi connectivity index (χ1n) is 5.94. The van der Waals surface area contributed by atoms with Crippen LogP contribution in [0.2, 0.25) is 0 Å². The first kappa shape index (κ1) is 14.0. The van der Waals surface area contributed by atoms with E-state index >= 15 is 0 Å². The van der Waals surface area contributed by atoms with E-state index in [0.717, 1.165) is 12.8 Å². The highest BCUT2D eigenvalue weighted by Crippen LogP contribution is 2.25. The van der Waals surface area contributed by atoms with Crippen LogP contribution in [-0.4, -0.2) is 58.5 Å². The van der Waals surface area contributed by atoms with Crippen molar-refractivity contribution in [3.05, 3.63) is 0 Å². The predicted molar refractivity (Wildman–Crippen MR) is 64.8 cm³/mol. The van der Waals surface area contributed by atoms with Crippen molar-refractivity contribution in [2.45, 2.75) is 45.2 Å². The molecule has 1 aliphatic rings. The Morgan fingerprint density at radius 3 is 2.12 bits per heavy atom. The quantitative estimate of drug-likeness (QED) is 0.774. The summed E-state index contributed by atoms with van der Waals surface area (Å²) in [5.74, 6) is -0.898. The van der Waals surface area contributed by atoms with Gasteiger partial charge in [-0.15, -0.1) is 0 Å². The minimum absolute atomic E-state index is 0.00340. The van der Waals surface area contributed by atoms with Gasteiger partial charge in [-0.3, -0.25) is 14.5 Å². The number of nitrogens with zero attached hydrogens (tertiary/aromatic N) is 2. The molecular formula is C12H22N2O3. The lowest BCUT2D eigenvalue weighted by Gasteiger charge is -2.34. The number of hydrogen-bond acceptors (Lipinski definition) is 3. The molecule has 5 nitrogen and oxygen atoms in total. The standard InChI is InChI=1S/C12H22N2O3/c1-12(2,3)14(8-11(16)17)7-10(15)13(4)9-5-6-9/h9H,5-8H2,1-4H3,(H,16,17). The van der Waals surface area contributed by atoms with E-state index in [9.17, 15) is 9.59 Å². The third kappa shape index (κ3) is 4.34. The van der Waals surface area contributed by atoms with Gasteiger partial charge < -0.3 is 10.0 Å². The van der Waals surface area contributed by atoms with Gasteiger partial charge in [-0.2, -0.15) is 0 Å². The van der Waals surface area contributed by atoms with Crippen LogP contribution in [0, 0.1) is 0 Å². The van der Waals surface area contributed by atoms with Gasteiger partial charge in [0.05, 0.1) is 13.1 Å². The van der Waals surface area contributed by atoms with Gasteiger partial charge in [-0.1, -0.05) is 0 Å². The first-order valence-corrected chi connectivity index (χ1v) is 5.94. The molecule has 1 fully saturated rings. The minimum atomic E-state index is -0.901. The van der Waals surface area contributed by atoms with E-state index in [2.05, 4.69) is 0 Å². The fourth-order valence-corrected chi connectivity index (χ4v) is 1.63. The molecule has 1 amide bonds. The van der Waals surface area contributed by atoms with Crippen molar-refractivity contribution in [2.75, 3.05) is 20.1 Å². The summed E-state index contributed by atoms with van der Waals surface area (Å²) in [5, 5.41) is 8.85. The predicted octanol–water partition coefficient (Wildman–Crippen LogP) is 0.792. The summed E-state index contributed by atoms with van der Waals surface area (Å²) >= 11 is 0. The Kier molecular flexibility index (Phi) is 4.14. The summed E-state index contributed by atoms with van der Waals surface area (Å²) < 4.78 is 0. The summed E-state index contributed by atoms with van der Waals surface area (Å²) in [6.07, 6.45) is 2.13. The molecule has 5 heteroatoms. The molecule has 0 spiro atoms. The zero-order valence-corrected chi connectivity index (χ0v) is 11.1. The molecule has 0 aromatic rings. The largest absolute Gasteiger partial charge is 0.480 e. The topological polar surface area (TPSA) is 60.9 Å². The molecule has 0 saturated heterocycles. The average Bonchev–Trinajstić information content (AvgIpc) is 2.96. The number of aliphatic carboxylic acids is 1. The Balaban J connectivity index is 2.58. The normalized spacial score (nSPS) is 16.1. The van der Waals surface area contributed by atoms with Crippen LogP contribution in [-0.2, 0) is 9.59 Å². The summed E-state index contributed by atoms with van der Waals surface area (Å²) in [6, 6.07) is 0.370.